The number of methoxy groups -OCH3 is 1. The van der Waals surface area contributed by atoms with Gasteiger partial charge in [0, 0.05) is 17.3 Å². The van der Waals surface area contributed by atoms with E-state index in [2.05, 4.69) is 21.2 Å². The Bertz CT molecular complexity index is 484. The molecule has 1 saturated carbocycles. The number of nitrogens with one attached hydrogen (secondary N) is 1. The quantitative estimate of drug-likeness (QED) is 0.817. The minimum Gasteiger partial charge on any atom is -0.464 e. The summed E-state index contributed by atoms with van der Waals surface area (Å²) in [5.74, 6) is -0.167. The lowest BCUT2D eigenvalue weighted by Crippen LogP contribution is -2.51. The molecule has 21 heavy (non-hydrogen) atoms. The lowest BCUT2D eigenvalue weighted by atomic mass is 9.80. The van der Waals surface area contributed by atoms with Gasteiger partial charge in [0.25, 0.3) is 0 Å². The van der Waals surface area contributed by atoms with Gasteiger partial charge in [-0.1, -0.05) is 22.0 Å². The number of hydrogen-bond acceptors (Lipinski definition) is 4. The van der Waals surface area contributed by atoms with E-state index in [-0.39, 0.29) is 12.1 Å². The van der Waals surface area contributed by atoms with E-state index in [9.17, 15) is 4.79 Å². The molecule has 0 unspecified atom stereocenters. The predicted molar refractivity (Wildman–Crippen MR) is 86.4 cm³/mol. The summed E-state index contributed by atoms with van der Waals surface area (Å²) in [7, 11) is 1.73. The standard InChI is InChI=1S/C16H22BrNO3/c1-3-21-15(19)16(9-7-14(20-2)8-10-16)18-13-6-4-5-12(17)11-13/h4-6,11,14,18H,3,7-10H2,1-2H3. The number of hydrogen-bond donors (Lipinski definition) is 1. The van der Waals surface area contributed by atoms with Gasteiger partial charge in [-0.2, -0.15) is 0 Å². The molecule has 1 aromatic carbocycles. The molecule has 0 aromatic heterocycles. The SMILES string of the molecule is CCOC(=O)C1(Nc2cccc(Br)c2)CCC(OC)CC1. The number of carbonyl (C=O) groups is 1. The number of esters is 1. The van der Waals surface area contributed by atoms with E-state index < -0.39 is 5.54 Å². The average Bonchev–Trinajstić information content (AvgIpc) is 2.48. The number of anilines is 1. The summed E-state index contributed by atoms with van der Waals surface area (Å²) in [4.78, 5) is 12.5. The summed E-state index contributed by atoms with van der Waals surface area (Å²) in [5.41, 5.74) is 0.277. The van der Waals surface area contributed by atoms with Gasteiger partial charge in [0.05, 0.1) is 12.7 Å². The fourth-order valence-corrected chi connectivity index (χ4v) is 3.21. The van der Waals surface area contributed by atoms with Crippen molar-refractivity contribution >= 4 is 27.6 Å². The predicted octanol–water partition coefficient (Wildman–Crippen LogP) is 3.75. The van der Waals surface area contributed by atoms with Crippen LogP contribution in [0.25, 0.3) is 0 Å². The highest BCUT2D eigenvalue weighted by molar-refractivity contribution is 9.10. The van der Waals surface area contributed by atoms with E-state index in [0.29, 0.717) is 6.61 Å². The first-order valence-electron chi connectivity index (χ1n) is 7.33. The smallest absolute Gasteiger partial charge is 0.331 e. The molecule has 0 aliphatic heterocycles. The third-order valence-electron chi connectivity index (χ3n) is 3.99. The Morgan fingerprint density at radius 2 is 2.14 bits per heavy atom. The van der Waals surface area contributed by atoms with Crippen molar-refractivity contribution in [2.45, 2.75) is 44.2 Å². The van der Waals surface area contributed by atoms with Gasteiger partial charge in [-0.3, -0.25) is 0 Å². The lowest BCUT2D eigenvalue weighted by Gasteiger charge is -2.39. The van der Waals surface area contributed by atoms with Gasteiger partial charge >= 0.3 is 5.97 Å². The van der Waals surface area contributed by atoms with E-state index in [4.69, 9.17) is 9.47 Å². The third-order valence-corrected chi connectivity index (χ3v) is 4.49. The Labute approximate surface area is 134 Å². The summed E-state index contributed by atoms with van der Waals surface area (Å²) in [6.45, 7) is 2.24. The van der Waals surface area contributed by atoms with Gasteiger partial charge in [0.1, 0.15) is 5.54 Å². The highest BCUT2D eigenvalue weighted by Gasteiger charge is 2.43. The van der Waals surface area contributed by atoms with E-state index in [1.54, 1.807) is 7.11 Å². The summed E-state index contributed by atoms with van der Waals surface area (Å²) < 4.78 is 11.7. The largest absolute Gasteiger partial charge is 0.464 e. The first-order valence-corrected chi connectivity index (χ1v) is 8.12. The van der Waals surface area contributed by atoms with E-state index in [1.807, 2.05) is 31.2 Å². The Morgan fingerprint density at radius 3 is 2.71 bits per heavy atom. The van der Waals surface area contributed by atoms with Crippen LogP contribution in [0.5, 0.6) is 0 Å². The molecular formula is C16H22BrNO3. The van der Waals surface area contributed by atoms with Gasteiger partial charge < -0.3 is 14.8 Å². The van der Waals surface area contributed by atoms with Gasteiger partial charge in [-0.15, -0.1) is 0 Å². The normalized spacial score (nSPS) is 25.4. The molecule has 4 nitrogen and oxygen atoms in total. The fraction of sp³-hybridized carbons (Fsp3) is 0.562. The van der Waals surface area contributed by atoms with Crippen LogP contribution in [0.4, 0.5) is 5.69 Å². The molecule has 1 N–H and O–H groups in total. The molecule has 0 radical (unpaired) electrons. The van der Waals surface area contributed by atoms with Crippen molar-refractivity contribution in [1.29, 1.82) is 0 Å². The number of halogens is 1. The average molecular weight is 356 g/mol. The van der Waals surface area contributed by atoms with Gasteiger partial charge in [0.15, 0.2) is 0 Å². The number of carbonyl (C=O) groups excluding carboxylic acids is 1. The second kappa shape index (κ2) is 7.27. The first-order chi connectivity index (χ1) is 10.1. The van der Waals surface area contributed by atoms with Gasteiger partial charge in [0.2, 0.25) is 0 Å². The van der Waals surface area contributed by atoms with Crippen molar-refractivity contribution in [3.05, 3.63) is 28.7 Å². The second-order valence-electron chi connectivity index (χ2n) is 5.37. The zero-order chi connectivity index (χ0) is 15.3. The molecule has 0 atom stereocenters. The minimum absolute atomic E-state index is 0.167. The van der Waals surface area contributed by atoms with E-state index in [1.165, 1.54) is 0 Å². The van der Waals surface area contributed by atoms with Gasteiger partial charge in [-0.05, 0) is 50.8 Å². The molecule has 1 aromatic rings. The Morgan fingerprint density at radius 1 is 1.43 bits per heavy atom. The van der Waals surface area contributed by atoms with Crippen LogP contribution in [-0.4, -0.2) is 31.3 Å². The third kappa shape index (κ3) is 3.98. The molecule has 1 aliphatic carbocycles. The summed E-state index contributed by atoms with van der Waals surface area (Å²) >= 11 is 3.46. The van der Waals surface area contributed by atoms with Crippen LogP contribution >= 0.6 is 15.9 Å². The molecule has 0 amide bonds. The molecular weight excluding hydrogens is 334 g/mol. The van der Waals surface area contributed by atoms with Crippen LogP contribution < -0.4 is 5.32 Å². The highest BCUT2D eigenvalue weighted by Crippen LogP contribution is 2.34. The number of rotatable bonds is 5. The highest BCUT2D eigenvalue weighted by atomic mass is 79.9. The monoisotopic (exact) mass is 355 g/mol. The van der Waals surface area contributed by atoms with Crippen molar-refractivity contribution in [3.8, 4) is 0 Å². The maximum atomic E-state index is 12.5. The number of benzene rings is 1. The summed E-state index contributed by atoms with van der Waals surface area (Å²) in [6, 6.07) is 7.85. The van der Waals surface area contributed by atoms with Crippen molar-refractivity contribution < 1.29 is 14.3 Å². The Balaban J connectivity index is 2.18. The van der Waals surface area contributed by atoms with Crippen molar-refractivity contribution in [2.75, 3.05) is 19.0 Å². The molecule has 0 saturated heterocycles. The van der Waals surface area contributed by atoms with Crippen LogP contribution in [0.3, 0.4) is 0 Å². The fourth-order valence-electron chi connectivity index (χ4n) is 2.81. The van der Waals surface area contributed by atoms with Crippen molar-refractivity contribution in [1.82, 2.24) is 0 Å². The molecule has 2 rings (SSSR count). The molecule has 1 fully saturated rings. The molecule has 0 spiro atoms. The molecule has 5 heteroatoms. The zero-order valence-electron chi connectivity index (χ0n) is 12.5. The maximum absolute atomic E-state index is 12.5. The van der Waals surface area contributed by atoms with Crippen LogP contribution in [-0.2, 0) is 14.3 Å². The molecule has 116 valence electrons. The van der Waals surface area contributed by atoms with Crippen molar-refractivity contribution in [3.63, 3.8) is 0 Å². The van der Waals surface area contributed by atoms with Crippen LogP contribution in [0.15, 0.2) is 28.7 Å². The molecule has 0 bridgehead atoms. The number of ether oxygens (including phenoxy) is 2. The van der Waals surface area contributed by atoms with Gasteiger partial charge in [-0.25, -0.2) is 4.79 Å². The maximum Gasteiger partial charge on any atom is 0.331 e. The molecule has 0 heterocycles. The van der Waals surface area contributed by atoms with Crippen LogP contribution in [0.1, 0.15) is 32.6 Å². The van der Waals surface area contributed by atoms with Crippen LogP contribution in [0, 0.1) is 0 Å². The summed E-state index contributed by atoms with van der Waals surface area (Å²) in [5, 5.41) is 3.40. The van der Waals surface area contributed by atoms with E-state index >= 15 is 0 Å². The van der Waals surface area contributed by atoms with E-state index in [0.717, 1.165) is 35.8 Å². The minimum atomic E-state index is -0.647. The zero-order valence-corrected chi connectivity index (χ0v) is 14.1. The lowest BCUT2D eigenvalue weighted by molar-refractivity contribution is -0.150. The Kier molecular flexibility index (Phi) is 5.65. The first kappa shape index (κ1) is 16.3. The molecule has 1 aliphatic rings. The van der Waals surface area contributed by atoms with Crippen molar-refractivity contribution in [2.24, 2.45) is 0 Å². The van der Waals surface area contributed by atoms with Crippen LogP contribution in [0.2, 0.25) is 0 Å². The Hall–Kier alpha value is -1.07. The summed E-state index contributed by atoms with van der Waals surface area (Å²) in [6.07, 6.45) is 3.39. The topological polar surface area (TPSA) is 47.6 Å². The second-order valence-corrected chi connectivity index (χ2v) is 6.29.